The van der Waals surface area contributed by atoms with Crippen LogP contribution in [0, 0.1) is 23.7 Å². The smallest absolute Gasteiger partial charge is 0.0876 e. The van der Waals surface area contributed by atoms with Crippen LogP contribution in [0.2, 0.25) is 0 Å². The fraction of sp³-hybridized carbons (Fsp3) is 1.00. The van der Waals surface area contributed by atoms with Crippen LogP contribution < -0.4 is 0 Å². The van der Waals surface area contributed by atoms with E-state index in [0.717, 1.165) is 23.7 Å². The molecule has 0 aromatic heterocycles. The standard InChI is InChI=1S/C10H12O2/c1-4-3-2-6-10(11-6)7(3)5(1)9-8(4)12-9/h3-10H,1-2H2/t3-,4-,5-,6-,7+,8+,9+,10+/m0/s1. The summed E-state index contributed by atoms with van der Waals surface area (Å²) in [4.78, 5) is 0. The van der Waals surface area contributed by atoms with Crippen molar-refractivity contribution in [3.05, 3.63) is 0 Å². The van der Waals surface area contributed by atoms with Gasteiger partial charge in [-0.1, -0.05) is 0 Å². The van der Waals surface area contributed by atoms with Gasteiger partial charge >= 0.3 is 0 Å². The summed E-state index contributed by atoms with van der Waals surface area (Å²) in [5, 5.41) is 0. The molecule has 2 heterocycles. The fourth-order valence-corrected chi connectivity index (χ4v) is 4.58. The second-order valence-corrected chi connectivity index (χ2v) is 5.24. The predicted molar refractivity (Wildman–Crippen MR) is 40.5 cm³/mol. The molecular formula is C10H12O2. The zero-order valence-corrected chi connectivity index (χ0v) is 6.85. The molecule has 2 nitrogen and oxygen atoms in total. The number of rotatable bonds is 0. The molecule has 3 saturated carbocycles. The van der Waals surface area contributed by atoms with Gasteiger partial charge in [0.2, 0.25) is 0 Å². The lowest BCUT2D eigenvalue weighted by molar-refractivity contribution is 0.162. The lowest BCUT2D eigenvalue weighted by Crippen LogP contribution is -2.27. The largest absolute Gasteiger partial charge is 0.369 e. The molecule has 0 unspecified atom stereocenters. The molecular weight excluding hydrogens is 152 g/mol. The maximum atomic E-state index is 5.69. The van der Waals surface area contributed by atoms with E-state index in [2.05, 4.69) is 0 Å². The van der Waals surface area contributed by atoms with E-state index in [1.54, 1.807) is 0 Å². The summed E-state index contributed by atoms with van der Waals surface area (Å²) in [7, 11) is 0. The zero-order chi connectivity index (χ0) is 7.45. The van der Waals surface area contributed by atoms with Crippen molar-refractivity contribution in [2.45, 2.75) is 37.3 Å². The minimum Gasteiger partial charge on any atom is -0.369 e. The van der Waals surface area contributed by atoms with Crippen LogP contribution in [-0.2, 0) is 9.47 Å². The van der Waals surface area contributed by atoms with E-state index in [1.165, 1.54) is 12.8 Å². The second-order valence-electron chi connectivity index (χ2n) is 5.24. The van der Waals surface area contributed by atoms with Gasteiger partial charge in [-0.3, -0.25) is 0 Å². The van der Waals surface area contributed by atoms with Gasteiger partial charge in [0.05, 0.1) is 24.4 Å². The van der Waals surface area contributed by atoms with Gasteiger partial charge in [0.25, 0.3) is 0 Å². The van der Waals surface area contributed by atoms with Crippen molar-refractivity contribution in [2.75, 3.05) is 0 Å². The maximum absolute atomic E-state index is 5.69. The molecule has 2 heteroatoms. The van der Waals surface area contributed by atoms with Crippen molar-refractivity contribution in [3.63, 3.8) is 0 Å². The molecule has 0 amide bonds. The van der Waals surface area contributed by atoms with Crippen molar-refractivity contribution >= 4 is 0 Å². The molecule has 64 valence electrons. The molecule has 0 aromatic rings. The third-order valence-electron chi connectivity index (χ3n) is 4.99. The molecule has 0 aromatic carbocycles. The van der Waals surface area contributed by atoms with Crippen molar-refractivity contribution in [2.24, 2.45) is 23.7 Å². The molecule has 2 saturated heterocycles. The van der Waals surface area contributed by atoms with Crippen LogP contribution in [0.25, 0.3) is 0 Å². The molecule has 0 radical (unpaired) electrons. The van der Waals surface area contributed by atoms with E-state index in [0.29, 0.717) is 24.4 Å². The molecule has 12 heavy (non-hydrogen) atoms. The summed E-state index contributed by atoms with van der Waals surface area (Å²) in [6, 6.07) is 0. The number of hydrogen-bond acceptors (Lipinski definition) is 2. The van der Waals surface area contributed by atoms with E-state index in [9.17, 15) is 0 Å². The average molecular weight is 164 g/mol. The Bertz CT molecular complexity index is 273. The maximum Gasteiger partial charge on any atom is 0.0876 e. The number of epoxide rings is 2. The number of ether oxygens (including phenoxy) is 2. The van der Waals surface area contributed by atoms with Crippen molar-refractivity contribution < 1.29 is 9.47 Å². The second kappa shape index (κ2) is 1.38. The van der Waals surface area contributed by atoms with Crippen molar-refractivity contribution in [1.29, 1.82) is 0 Å². The highest BCUT2D eigenvalue weighted by Crippen LogP contribution is 2.69. The molecule has 2 aliphatic heterocycles. The third-order valence-corrected chi connectivity index (χ3v) is 4.99. The molecule has 2 bridgehead atoms. The Morgan fingerprint density at radius 1 is 0.750 bits per heavy atom. The van der Waals surface area contributed by atoms with Gasteiger partial charge in [0.15, 0.2) is 0 Å². The van der Waals surface area contributed by atoms with Gasteiger partial charge in [-0.15, -0.1) is 0 Å². The van der Waals surface area contributed by atoms with E-state index < -0.39 is 0 Å². The van der Waals surface area contributed by atoms with Gasteiger partial charge in [0.1, 0.15) is 0 Å². The highest BCUT2D eigenvalue weighted by Gasteiger charge is 2.74. The Morgan fingerprint density at radius 3 is 2.67 bits per heavy atom. The number of fused-ring (bicyclic) bond motifs is 10. The Hall–Kier alpha value is -0.0800. The van der Waals surface area contributed by atoms with Gasteiger partial charge in [-0.25, -0.2) is 0 Å². The lowest BCUT2D eigenvalue weighted by atomic mass is 9.81. The monoisotopic (exact) mass is 164 g/mol. The van der Waals surface area contributed by atoms with Crippen LogP contribution in [0.1, 0.15) is 12.8 Å². The summed E-state index contributed by atoms with van der Waals surface area (Å²) < 4.78 is 11.3. The minimum atomic E-state index is 0.676. The summed E-state index contributed by atoms with van der Waals surface area (Å²) in [6.45, 7) is 0. The van der Waals surface area contributed by atoms with Crippen LogP contribution in [-0.4, -0.2) is 24.4 Å². The van der Waals surface area contributed by atoms with Gasteiger partial charge in [0, 0.05) is 0 Å². The average Bonchev–Trinajstić information content (AvgIpc) is 2.92. The molecule has 8 atom stereocenters. The van der Waals surface area contributed by atoms with E-state index >= 15 is 0 Å². The quantitative estimate of drug-likeness (QED) is 0.495. The van der Waals surface area contributed by atoms with Crippen molar-refractivity contribution in [1.82, 2.24) is 0 Å². The van der Waals surface area contributed by atoms with E-state index in [4.69, 9.17) is 9.47 Å². The molecule has 5 rings (SSSR count). The summed E-state index contributed by atoms with van der Waals surface area (Å²) in [6.07, 6.45) is 5.58. The van der Waals surface area contributed by atoms with Gasteiger partial charge < -0.3 is 9.47 Å². The summed E-state index contributed by atoms with van der Waals surface area (Å²) in [5.74, 6) is 3.77. The molecule has 0 spiro atoms. The Kier molecular flexibility index (Phi) is 0.644. The van der Waals surface area contributed by atoms with Crippen LogP contribution in [0.15, 0.2) is 0 Å². The normalized spacial score (nSPS) is 80.0. The molecule has 3 aliphatic carbocycles. The first-order valence-corrected chi connectivity index (χ1v) is 5.24. The van der Waals surface area contributed by atoms with E-state index in [-0.39, 0.29) is 0 Å². The lowest BCUT2D eigenvalue weighted by Gasteiger charge is -2.22. The zero-order valence-electron chi connectivity index (χ0n) is 6.85. The first kappa shape index (κ1) is 5.61. The number of hydrogen-bond donors (Lipinski definition) is 0. The Labute approximate surface area is 71.2 Å². The SMILES string of the molecule is C1[C@@H]2[C@H]3O[C@@H]3[C@@H]1[C@@H]1C[C@@H]3O[C@H]3[C@@H]21. The predicted octanol–water partition coefficient (Wildman–Crippen LogP) is 0.807. The molecule has 5 fully saturated rings. The fourth-order valence-electron chi connectivity index (χ4n) is 4.58. The van der Waals surface area contributed by atoms with Crippen LogP contribution >= 0.6 is 0 Å². The third kappa shape index (κ3) is 0.409. The summed E-state index contributed by atoms with van der Waals surface area (Å²) in [5.41, 5.74) is 0. The first-order valence-electron chi connectivity index (χ1n) is 5.24. The van der Waals surface area contributed by atoms with Crippen LogP contribution in [0.5, 0.6) is 0 Å². The molecule has 5 aliphatic rings. The first-order chi connectivity index (χ1) is 5.93. The van der Waals surface area contributed by atoms with Gasteiger partial charge in [-0.05, 0) is 36.5 Å². The summed E-state index contributed by atoms with van der Waals surface area (Å²) >= 11 is 0. The molecule has 0 N–H and O–H groups in total. The van der Waals surface area contributed by atoms with E-state index in [1.807, 2.05) is 0 Å². The van der Waals surface area contributed by atoms with Crippen LogP contribution in [0.4, 0.5) is 0 Å². The Morgan fingerprint density at radius 2 is 1.67 bits per heavy atom. The van der Waals surface area contributed by atoms with Crippen molar-refractivity contribution in [3.8, 4) is 0 Å². The highest BCUT2D eigenvalue weighted by atomic mass is 16.6. The Balaban J connectivity index is 1.66. The topological polar surface area (TPSA) is 25.1 Å². The highest BCUT2D eigenvalue weighted by molar-refractivity contribution is 5.21. The minimum absolute atomic E-state index is 0.676. The van der Waals surface area contributed by atoms with Gasteiger partial charge in [-0.2, -0.15) is 0 Å². The van der Waals surface area contributed by atoms with Crippen LogP contribution in [0.3, 0.4) is 0 Å².